The SMILES string of the molecule is Cc1ccc(S(=O)(=O)N(CC(=O)NN=Cc2ccc(OCC(=O)NCc3ccco3)cc2)c2ccc(C)c(C)c2)cc1. The predicted octanol–water partition coefficient (Wildman–Crippen LogP) is 4.25. The van der Waals surface area contributed by atoms with Gasteiger partial charge in [0, 0.05) is 0 Å². The summed E-state index contributed by atoms with van der Waals surface area (Å²) < 4.78 is 38.8. The van der Waals surface area contributed by atoms with E-state index in [1.165, 1.54) is 24.6 Å². The Bertz CT molecular complexity index is 1650. The van der Waals surface area contributed by atoms with Gasteiger partial charge in [0.05, 0.1) is 29.6 Å². The van der Waals surface area contributed by atoms with Crippen LogP contribution in [0.5, 0.6) is 5.75 Å². The van der Waals surface area contributed by atoms with Gasteiger partial charge in [-0.2, -0.15) is 5.10 Å². The molecule has 0 spiro atoms. The molecule has 0 radical (unpaired) electrons. The Kier molecular flexibility index (Phi) is 9.77. The van der Waals surface area contributed by atoms with Crippen LogP contribution >= 0.6 is 0 Å². The van der Waals surface area contributed by atoms with Crippen molar-refractivity contribution in [3.05, 3.63) is 113 Å². The highest BCUT2D eigenvalue weighted by Gasteiger charge is 2.27. The number of anilines is 1. The van der Waals surface area contributed by atoms with Gasteiger partial charge in [-0.1, -0.05) is 23.8 Å². The molecule has 2 N–H and O–H groups in total. The van der Waals surface area contributed by atoms with Gasteiger partial charge in [0.15, 0.2) is 6.61 Å². The van der Waals surface area contributed by atoms with Gasteiger partial charge in [0.2, 0.25) is 0 Å². The molecule has 0 bridgehead atoms. The second kappa shape index (κ2) is 13.6. The van der Waals surface area contributed by atoms with Crippen molar-refractivity contribution in [1.82, 2.24) is 10.7 Å². The lowest BCUT2D eigenvalue weighted by Crippen LogP contribution is -2.39. The molecule has 1 aromatic heterocycles. The fourth-order valence-corrected chi connectivity index (χ4v) is 5.24. The Hall–Kier alpha value is -4.90. The van der Waals surface area contributed by atoms with Crippen molar-refractivity contribution in [2.45, 2.75) is 32.2 Å². The Labute approximate surface area is 245 Å². The van der Waals surface area contributed by atoms with Gasteiger partial charge in [-0.15, -0.1) is 0 Å². The number of amides is 2. The van der Waals surface area contributed by atoms with Crippen molar-refractivity contribution < 1.29 is 27.2 Å². The molecule has 42 heavy (non-hydrogen) atoms. The predicted molar refractivity (Wildman–Crippen MR) is 160 cm³/mol. The van der Waals surface area contributed by atoms with E-state index in [0.29, 0.717) is 22.8 Å². The van der Waals surface area contributed by atoms with E-state index < -0.39 is 22.5 Å². The number of carbonyl (C=O) groups excluding carboxylic acids is 2. The summed E-state index contributed by atoms with van der Waals surface area (Å²) in [6, 6.07) is 21.9. The van der Waals surface area contributed by atoms with Crippen LogP contribution in [0.2, 0.25) is 0 Å². The van der Waals surface area contributed by atoms with Gasteiger partial charge in [-0.25, -0.2) is 13.8 Å². The molecule has 11 heteroatoms. The molecule has 0 saturated heterocycles. The second-order valence-electron chi connectivity index (χ2n) is 9.60. The van der Waals surface area contributed by atoms with Crippen molar-refractivity contribution >= 4 is 33.7 Å². The van der Waals surface area contributed by atoms with E-state index in [-0.39, 0.29) is 24.0 Å². The fourth-order valence-electron chi connectivity index (χ4n) is 3.83. The average Bonchev–Trinajstić information content (AvgIpc) is 3.50. The maximum atomic E-state index is 13.6. The fraction of sp³-hybridized carbons (Fsp3) is 0.194. The van der Waals surface area contributed by atoms with E-state index in [0.717, 1.165) is 21.0 Å². The number of nitrogens with one attached hydrogen (secondary N) is 2. The van der Waals surface area contributed by atoms with Gasteiger partial charge < -0.3 is 14.5 Å². The Balaban J connectivity index is 1.35. The molecule has 0 fully saturated rings. The molecule has 0 unspecified atom stereocenters. The first-order valence-corrected chi connectivity index (χ1v) is 14.6. The number of benzene rings is 3. The Morgan fingerprint density at radius 1 is 0.929 bits per heavy atom. The normalized spacial score (nSPS) is 11.3. The van der Waals surface area contributed by atoms with Crippen LogP contribution in [0.3, 0.4) is 0 Å². The van der Waals surface area contributed by atoms with E-state index in [4.69, 9.17) is 9.15 Å². The summed E-state index contributed by atoms with van der Waals surface area (Å²) >= 11 is 0. The zero-order valence-corrected chi connectivity index (χ0v) is 24.4. The highest BCUT2D eigenvalue weighted by Crippen LogP contribution is 2.26. The summed E-state index contributed by atoms with van der Waals surface area (Å²) in [4.78, 5) is 24.9. The smallest absolute Gasteiger partial charge is 0.264 e. The van der Waals surface area contributed by atoms with E-state index in [2.05, 4.69) is 15.8 Å². The number of carbonyl (C=O) groups is 2. The van der Waals surface area contributed by atoms with Crippen molar-refractivity contribution in [2.24, 2.45) is 5.10 Å². The Morgan fingerprint density at radius 3 is 2.33 bits per heavy atom. The first-order chi connectivity index (χ1) is 20.1. The lowest BCUT2D eigenvalue weighted by Gasteiger charge is -2.24. The molecule has 0 saturated carbocycles. The quantitative estimate of drug-likeness (QED) is 0.188. The maximum absolute atomic E-state index is 13.6. The number of ether oxygens (including phenoxy) is 1. The van der Waals surface area contributed by atoms with Gasteiger partial charge >= 0.3 is 0 Å². The monoisotopic (exact) mass is 588 g/mol. The summed E-state index contributed by atoms with van der Waals surface area (Å²) in [5.74, 6) is 0.222. The Morgan fingerprint density at radius 2 is 1.67 bits per heavy atom. The summed E-state index contributed by atoms with van der Waals surface area (Å²) in [7, 11) is -4.03. The van der Waals surface area contributed by atoms with E-state index in [1.54, 1.807) is 60.7 Å². The largest absolute Gasteiger partial charge is 0.484 e. The molecule has 0 aliphatic carbocycles. The van der Waals surface area contributed by atoms with Crippen molar-refractivity contribution in [2.75, 3.05) is 17.5 Å². The molecule has 10 nitrogen and oxygen atoms in total. The van der Waals surface area contributed by atoms with Crippen LogP contribution < -0.4 is 19.8 Å². The third-order valence-corrected chi connectivity index (χ3v) is 8.16. The number of rotatable bonds is 12. The zero-order chi connectivity index (χ0) is 30.1. The average molecular weight is 589 g/mol. The van der Waals surface area contributed by atoms with Crippen LogP contribution in [0, 0.1) is 20.8 Å². The number of hydrogen-bond acceptors (Lipinski definition) is 7. The highest BCUT2D eigenvalue weighted by atomic mass is 32.2. The minimum atomic E-state index is -4.03. The van der Waals surface area contributed by atoms with E-state index >= 15 is 0 Å². The molecule has 4 aromatic rings. The molecular formula is C31H32N4O6S. The summed E-state index contributed by atoms with van der Waals surface area (Å²) in [5.41, 5.74) is 6.26. The summed E-state index contributed by atoms with van der Waals surface area (Å²) in [6.45, 7) is 5.33. The number of sulfonamides is 1. The van der Waals surface area contributed by atoms with Gasteiger partial charge in [-0.05, 0) is 98.1 Å². The third kappa shape index (κ3) is 8.07. The molecule has 4 rings (SSSR count). The maximum Gasteiger partial charge on any atom is 0.264 e. The summed E-state index contributed by atoms with van der Waals surface area (Å²) in [6.07, 6.45) is 2.96. The minimum Gasteiger partial charge on any atom is -0.484 e. The van der Waals surface area contributed by atoms with Crippen LogP contribution in [-0.4, -0.2) is 39.6 Å². The van der Waals surface area contributed by atoms with E-state index in [9.17, 15) is 18.0 Å². The minimum absolute atomic E-state index is 0.0833. The molecule has 2 amide bonds. The number of hydrogen-bond donors (Lipinski definition) is 2. The van der Waals surface area contributed by atoms with E-state index in [1.807, 2.05) is 26.8 Å². The molecular weight excluding hydrogens is 556 g/mol. The lowest BCUT2D eigenvalue weighted by atomic mass is 10.1. The molecule has 3 aromatic carbocycles. The zero-order valence-electron chi connectivity index (χ0n) is 23.5. The molecule has 0 aliphatic rings. The van der Waals surface area contributed by atoms with Crippen molar-refractivity contribution in [1.29, 1.82) is 0 Å². The molecule has 0 atom stereocenters. The van der Waals surface area contributed by atoms with Crippen molar-refractivity contribution in [3.63, 3.8) is 0 Å². The van der Waals surface area contributed by atoms with Crippen molar-refractivity contribution in [3.8, 4) is 5.75 Å². The number of nitrogens with zero attached hydrogens (tertiary/aromatic N) is 2. The lowest BCUT2D eigenvalue weighted by molar-refractivity contribution is -0.123. The molecule has 218 valence electrons. The van der Waals surface area contributed by atoms with Crippen LogP contribution in [-0.2, 0) is 26.2 Å². The first-order valence-electron chi connectivity index (χ1n) is 13.1. The standard InChI is InChI=1S/C31H32N4O6S/c1-22-6-14-29(15-7-22)42(38,39)35(26-11-8-23(2)24(3)17-26)20-30(36)34-33-18-25-9-12-27(13-10-25)41-21-31(37)32-19-28-5-4-16-40-28/h4-18H,19-21H2,1-3H3,(H,32,37)(H,34,36). The highest BCUT2D eigenvalue weighted by molar-refractivity contribution is 7.92. The summed E-state index contributed by atoms with van der Waals surface area (Å²) in [5, 5.41) is 6.67. The van der Waals surface area contributed by atoms with Gasteiger partial charge in [-0.3, -0.25) is 13.9 Å². The number of aryl methyl sites for hydroxylation is 3. The molecule has 1 heterocycles. The van der Waals surface area contributed by atoms with Crippen LogP contribution in [0.25, 0.3) is 0 Å². The van der Waals surface area contributed by atoms with Crippen LogP contribution in [0.15, 0.2) is 99.5 Å². The first kappa shape index (κ1) is 30.1. The van der Waals surface area contributed by atoms with Gasteiger partial charge in [0.1, 0.15) is 18.1 Å². The van der Waals surface area contributed by atoms with Crippen LogP contribution in [0.1, 0.15) is 28.0 Å². The number of furan rings is 1. The second-order valence-corrected chi connectivity index (χ2v) is 11.5. The van der Waals surface area contributed by atoms with Crippen LogP contribution in [0.4, 0.5) is 5.69 Å². The topological polar surface area (TPSA) is 130 Å². The van der Waals surface area contributed by atoms with Gasteiger partial charge in [0.25, 0.3) is 21.8 Å². The molecule has 0 aliphatic heterocycles. The number of hydrazone groups is 1. The third-order valence-electron chi connectivity index (χ3n) is 6.37.